The highest BCUT2D eigenvalue weighted by Crippen LogP contribution is 2.27. The molecular weight excluding hydrogens is 281 g/mol. The largest absolute Gasteiger partial charge is 0.393 e. The molecule has 1 unspecified atom stereocenters. The Bertz CT molecular complexity index is 585. The maximum Gasteiger partial charge on any atom is 0.295 e. The number of nitro benzene ring substituents is 1. The van der Waals surface area contributed by atoms with Crippen molar-refractivity contribution in [3.05, 3.63) is 33.6 Å². The van der Waals surface area contributed by atoms with E-state index in [1.165, 1.54) is 0 Å². The molecule has 0 spiro atoms. The quantitative estimate of drug-likeness (QED) is 0.499. The van der Waals surface area contributed by atoms with Gasteiger partial charge in [0.25, 0.3) is 11.6 Å². The fraction of sp³-hybridized carbons (Fsp3) is 0.462. The molecule has 1 heterocycles. The zero-order valence-electron chi connectivity index (χ0n) is 11.5. The number of carbonyl (C=O) groups excluding carboxylic acids is 1. The van der Waals surface area contributed by atoms with Crippen LogP contribution in [0.5, 0.6) is 0 Å². The third-order valence-electron chi connectivity index (χ3n) is 3.49. The van der Waals surface area contributed by atoms with Crippen molar-refractivity contribution in [1.29, 1.82) is 0 Å². The Morgan fingerprint density at radius 2 is 2.33 bits per heavy atom. The molecule has 1 saturated heterocycles. The van der Waals surface area contributed by atoms with Crippen LogP contribution in [0.15, 0.2) is 12.1 Å². The monoisotopic (exact) mass is 297 g/mol. The Hall–Kier alpha value is -2.22. The first-order chi connectivity index (χ1) is 9.82. The second-order valence-electron chi connectivity index (χ2n) is 5.23. The molecule has 8 heteroatoms. The van der Waals surface area contributed by atoms with E-state index in [1.807, 2.05) is 6.92 Å². The highest BCUT2D eigenvalue weighted by molar-refractivity contribution is 6.01. The molecule has 21 heavy (non-hydrogen) atoms. The zero-order chi connectivity index (χ0) is 15.6. The molecule has 1 aliphatic rings. The van der Waals surface area contributed by atoms with E-state index in [4.69, 9.17) is 10.5 Å². The first-order valence-corrected chi connectivity index (χ1v) is 6.48. The summed E-state index contributed by atoms with van der Waals surface area (Å²) in [6.07, 6.45) is 1.70. The smallest absolute Gasteiger partial charge is 0.295 e. The Morgan fingerprint density at radius 3 is 2.90 bits per heavy atom. The first-order valence-electron chi connectivity index (χ1n) is 6.48. The van der Waals surface area contributed by atoms with Crippen molar-refractivity contribution in [2.45, 2.75) is 25.4 Å². The number of benzene rings is 1. The molecular formula is C13H16FN3O4. The lowest BCUT2D eigenvalue weighted by Gasteiger charge is -2.23. The Labute approximate surface area is 120 Å². The number of anilines is 1. The van der Waals surface area contributed by atoms with Gasteiger partial charge in [-0.2, -0.15) is 0 Å². The number of ether oxygens (including phenoxy) is 1. The first kappa shape index (κ1) is 15.2. The van der Waals surface area contributed by atoms with Crippen molar-refractivity contribution in [2.24, 2.45) is 0 Å². The Morgan fingerprint density at radius 1 is 1.62 bits per heavy atom. The normalized spacial score (nSPS) is 21.2. The van der Waals surface area contributed by atoms with Crippen LogP contribution in [0.25, 0.3) is 0 Å². The average molecular weight is 297 g/mol. The highest BCUT2D eigenvalue weighted by Gasteiger charge is 2.31. The number of carbonyl (C=O) groups is 1. The number of nitrogens with one attached hydrogen (secondary N) is 1. The third-order valence-corrected chi connectivity index (χ3v) is 3.49. The topological polar surface area (TPSA) is 107 Å². The molecule has 0 bridgehead atoms. The second kappa shape index (κ2) is 5.65. The molecule has 0 radical (unpaired) electrons. The molecule has 1 aliphatic heterocycles. The van der Waals surface area contributed by atoms with Crippen LogP contribution < -0.4 is 11.1 Å². The van der Waals surface area contributed by atoms with E-state index < -0.39 is 27.9 Å². The maximum absolute atomic E-state index is 13.4. The van der Waals surface area contributed by atoms with Gasteiger partial charge in [-0.1, -0.05) is 0 Å². The van der Waals surface area contributed by atoms with Gasteiger partial charge >= 0.3 is 0 Å². The molecule has 7 nitrogen and oxygen atoms in total. The number of hydrogen-bond donors (Lipinski definition) is 2. The predicted octanol–water partition coefficient (Wildman–Crippen LogP) is 1.62. The van der Waals surface area contributed by atoms with Gasteiger partial charge in [-0.05, 0) is 25.8 Å². The minimum Gasteiger partial charge on any atom is -0.393 e. The van der Waals surface area contributed by atoms with Gasteiger partial charge in [0.1, 0.15) is 11.5 Å². The van der Waals surface area contributed by atoms with Crippen molar-refractivity contribution in [2.75, 3.05) is 18.9 Å². The van der Waals surface area contributed by atoms with Crippen LogP contribution in [0, 0.1) is 15.9 Å². The van der Waals surface area contributed by atoms with Crippen LogP contribution in [-0.2, 0) is 4.74 Å². The van der Waals surface area contributed by atoms with Gasteiger partial charge in [0.15, 0.2) is 0 Å². The number of nitrogens with two attached hydrogens (primary N) is 1. The lowest BCUT2D eigenvalue weighted by molar-refractivity contribution is -0.384. The summed E-state index contributed by atoms with van der Waals surface area (Å²) >= 11 is 0. The standard InChI is InChI=1S/C13H16FN3O4/c1-13(3-2-4-21-13)7-16-12(18)9-5-8(14)6-10(11(9)15)17(19)20/h5-6H,2-4,7,15H2,1H3,(H,16,18). The third kappa shape index (κ3) is 3.27. The van der Waals surface area contributed by atoms with Crippen molar-refractivity contribution in [1.82, 2.24) is 5.32 Å². The van der Waals surface area contributed by atoms with Crippen molar-refractivity contribution in [3.8, 4) is 0 Å². The molecule has 1 aromatic carbocycles. The van der Waals surface area contributed by atoms with Crippen LogP contribution in [0.4, 0.5) is 15.8 Å². The van der Waals surface area contributed by atoms with Gasteiger partial charge in [0.05, 0.1) is 22.2 Å². The molecule has 114 valence electrons. The lowest BCUT2D eigenvalue weighted by Crippen LogP contribution is -2.40. The summed E-state index contributed by atoms with van der Waals surface area (Å²) in [5, 5.41) is 13.4. The number of nitrogen functional groups attached to an aromatic ring is 1. The van der Waals surface area contributed by atoms with Crippen LogP contribution >= 0.6 is 0 Å². The number of rotatable bonds is 4. The predicted molar refractivity (Wildman–Crippen MR) is 73.4 cm³/mol. The molecule has 1 atom stereocenters. The van der Waals surface area contributed by atoms with Crippen LogP contribution in [0.1, 0.15) is 30.1 Å². The molecule has 0 saturated carbocycles. The summed E-state index contributed by atoms with van der Waals surface area (Å²) in [7, 11) is 0. The fourth-order valence-corrected chi connectivity index (χ4v) is 2.28. The minimum atomic E-state index is -0.885. The molecule has 1 fully saturated rings. The number of nitro groups is 1. The number of amides is 1. The van der Waals surface area contributed by atoms with Crippen molar-refractivity contribution < 1.29 is 18.8 Å². The minimum absolute atomic E-state index is 0.232. The van der Waals surface area contributed by atoms with Crippen molar-refractivity contribution >= 4 is 17.3 Å². The van der Waals surface area contributed by atoms with Crippen LogP contribution in [0.2, 0.25) is 0 Å². The van der Waals surface area contributed by atoms with Crippen LogP contribution in [0.3, 0.4) is 0 Å². The molecule has 0 aromatic heterocycles. The Kier molecular flexibility index (Phi) is 4.08. The molecule has 1 aromatic rings. The zero-order valence-corrected chi connectivity index (χ0v) is 11.5. The van der Waals surface area contributed by atoms with Gasteiger partial charge in [0, 0.05) is 13.2 Å². The van der Waals surface area contributed by atoms with Gasteiger partial charge in [-0.3, -0.25) is 14.9 Å². The number of nitrogens with zero attached hydrogens (tertiary/aromatic N) is 1. The summed E-state index contributed by atoms with van der Waals surface area (Å²) < 4.78 is 18.9. The highest BCUT2D eigenvalue weighted by atomic mass is 19.1. The number of hydrogen-bond acceptors (Lipinski definition) is 5. The van der Waals surface area contributed by atoms with E-state index in [1.54, 1.807) is 0 Å². The summed E-state index contributed by atoms with van der Waals surface area (Å²) in [5.41, 5.74) is 3.88. The molecule has 2 rings (SSSR count). The SMILES string of the molecule is CC1(CNC(=O)c2cc(F)cc([N+](=O)[O-])c2N)CCCO1. The van der Waals surface area contributed by atoms with E-state index in [0.717, 1.165) is 18.9 Å². The van der Waals surface area contributed by atoms with Crippen molar-refractivity contribution in [3.63, 3.8) is 0 Å². The van der Waals surface area contributed by atoms with E-state index >= 15 is 0 Å². The van der Waals surface area contributed by atoms with E-state index in [0.29, 0.717) is 12.7 Å². The molecule has 1 amide bonds. The van der Waals surface area contributed by atoms with Crippen LogP contribution in [-0.4, -0.2) is 29.6 Å². The summed E-state index contributed by atoms with van der Waals surface area (Å²) in [4.78, 5) is 22.0. The summed E-state index contributed by atoms with van der Waals surface area (Å²) in [6.45, 7) is 2.72. The van der Waals surface area contributed by atoms with Gasteiger partial charge in [0.2, 0.25) is 0 Å². The summed E-state index contributed by atoms with van der Waals surface area (Å²) in [5.74, 6) is -1.55. The van der Waals surface area contributed by atoms with E-state index in [2.05, 4.69) is 5.32 Å². The van der Waals surface area contributed by atoms with Gasteiger partial charge < -0.3 is 15.8 Å². The van der Waals surface area contributed by atoms with E-state index in [9.17, 15) is 19.3 Å². The van der Waals surface area contributed by atoms with E-state index in [-0.39, 0.29) is 17.8 Å². The molecule has 3 N–H and O–H groups in total. The second-order valence-corrected chi connectivity index (χ2v) is 5.23. The Balaban J connectivity index is 2.17. The fourth-order valence-electron chi connectivity index (χ4n) is 2.28. The molecule has 0 aliphatic carbocycles. The average Bonchev–Trinajstić information content (AvgIpc) is 2.85. The lowest BCUT2D eigenvalue weighted by atomic mass is 10.0. The number of halogens is 1. The summed E-state index contributed by atoms with van der Waals surface area (Å²) in [6, 6.07) is 1.57. The maximum atomic E-state index is 13.4. The van der Waals surface area contributed by atoms with Gasteiger partial charge in [-0.15, -0.1) is 0 Å². The van der Waals surface area contributed by atoms with Gasteiger partial charge in [-0.25, -0.2) is 4.39 Å².